The minimum atomic E-state index is 0.215. The van der Waals surface area contributed by atoms with E-state index in [1.807, 2.05) is 11.8 Å². The van der Waals surface area contributed by atoms with E-state index >= 15 is 0 Å². The highest BCUT2D eigenvalue weighted by Crippen LogP contribution is 2.19. The minimum absolute atomic E-state index is 0.215. The Balaban J connectivity index is 3.56. The highest BCUT2D eigenvalue weighted by molar-refractivity contribution is 7.99. The number of hydrogen-bond acceptors (Lipinski definition) is 4. The van der Waals surface area contributed by atoms with Crippen molar-refractivity contribution in [2.24, 2.45) is 4.99 Å². The van der Waals surface area contributed by atoms with Crippen molar-refractivity contribution in [2.75, 3.05) is 53.3 Å². The number of unbranched alkanes of at least 4 members (excludes halogenated alkanes) is 1. The van der Waals surface area contributed by atoms with Gasteiger partial charge in [-0.05, 0) is 32.9 Å². The average Bonchev–Trinajstić information content (AvgIpc) is 2.45. The first-order chi connectivity index (χ1) is 9.55. The lowest BCUT2D eigenvalue weighted by molar-refractivity contribution is 0.0689. The maximum absolute atomic E-state index is 5.41. The second kappa shape index (κ2) is 12.3. The summed E-state index contributed by atoms with van der Waals surface area (Å²) in [6, 6.07) is 0. The van der Waals surface area contributed by atoms with Gasteiger partial charge < -0.3 is 20.1 Å². The molecular weight excluding hydrogens is 274 g/mol. The molecule has 0 saturated carbocycles. The molecule has 2 N–H and O–H groups in total. The van der Waals surface area contributed by atoms with Gasteiger partial charge in [-0.1, -0.05) is 0 Å². The maximum atomic E-state index is 5.41. The van der Waals surface area contributed by atoms with E-state index in [0.717, 1.165) is 38.5 Å². The van der Waals surface area contributed by atoms with E-state index in [-0.39, 0.29) is 4.75 Å². The molecule has 0 unspecified atom stereocenters. The van der Waals surface area contributed by atoms with E-state index in [1.54, 1.807) is 14.2 Å². The number of rotatable bonds is 11. The fraction of sp³-hybridized carbons (Fsp3) is 0.929. The van der Waals surface area contributed by atoms with Gasteiger partial charge in [0.1, 0.15) is 0 Å². The van der Waals surface area contributed by atoms with Crippen LogP contribution in [0, 0.1) is 0 Å². The zero-order valence-electron chi connectivity index (χ0n) is 13.6. The lowest BCUT2D eigenvalue weighted by Crippen LogP contribution is -2.43. The predicted molar refractivity (Wildman–Crippen MR) is 88.9 cm³/mol. The second-order valence-electron chi connectivity index (χ2n) is 5.13. The van der Waals surface area contributed by atoms with E-state index in [0.29, 0.717) is 13.2 Å². The predicted octanol–water partition coefficient (Wildman–Crippen LogP) is 1.74. The summed E-state index contributed by atoms with van der Waals surface area (Å²) in [7, 11) is 3.49. The van der Waals surface area contributed by atoms with Gasteiger partial charge in [-0.25, -0.2) is 0 Å². The molecule has 20 heavy (non-hydrogen) atoms. The van der Waals surface area contributed by atoms with Gasteiger partial charge in [0, 0.05) is 38.6 Å². The number of nitrogens with one attached hydrogen (secondary N) is 2. The van der Waals surface area contributed by atoms with Crippen molar-refractivity contribution < 1.29 is 9.47 Å². The molecular formula is C14H31N3O2S. The summed E-state index contributed by atoms with van der Waals surface area (Å²) in [5, 5.41) is 6.67. The van der Waals surface area contributed by atoms with Crippen molar-refractivity contribution in [3.8, 4) is 0 Å². The first-order valence-electron chi connectivity index (χ1n) is 7.12. The third-order valence-electron chi connectivity index (χ3n) is 2.90. The largest absolute Gasteiger partial charge is 0.382 e. The Hall–Kier alpha value is -0.460. The van der Waals surface area contributed by atoms with Crippen LogP contribution in [0.25, 0.3) is 0 Å². The Kier molecular flexibility index (Phi) is 12.0. The third-order valence-corrected chi connectivity index (χ3v) is 4.15. The van der Waals surface area contributed by atoms with Gasteiger partial charge in [-0.2, -0.15) is 11.8 Å². The minimum Gasteiger partial charge on any atom is -0.382 e. The zero-order valence-corrected chi connectivity index (χ0v) is 14.4. The monoisotopic (exact) mass is 305 g/mol. The van der Waals surface area contributed by atoms with Crippen molar-refractivity contribution >= 4 is 17.7 Å². The molecule has 0 atom stereocenters. The Morgan fingerprint density at radius 3 is 2.50 bits per heavy atom. The molecule has 0 aromatic rings. The summed E-state index contributed by atoms with van der Waals surface area (Å²) in [4.78, 5) is 4.22. The number of nitrogens with zero attached hydrogens (tertiary/aromatic N) is 1. The zero-order chi connectivity index (χ0) is 15.3. The van der Waals surface area contributed by atoms with Crippen LogP contribution in [-0.2, 0) is 9.47 Å². The molecule has 0 aromatic heterocycles. The molecule has 0 heterocycles. The first kappa shape index (κ1) is 19.5. The topological polar surface area (TPSA) is 54.9 Å². The summed E-state index contributed by atoms with van der Waals surface area (Å²) in [6.07, 6.45) is 4.24. The molecule has 0 spiro atoms. The van der Waals surface area contributed by atoms with E-state index in [2.05, 4.69) is 35.7 Å². The summed E-state index contributed by atoms with van der Waals surface area (Å²) >= 11 is 1.85. The van der Waals surface area contributed by atoms with Crippen molar-refractivity contribution in [1.82, 2.24) is 10.6 Å². The van der Waals surface area contributed by atoms with Crippen molar-refractivity contribution in [3.05, 3.63) is 0 Å². The van der Waals surface area contributed by atoms with Crippen molar-refractivity contribution in [2.45, 2.75) is 31.4 Å². The van der Waals surface area contributed by atoms with E-state index in [1.165, 1.54) is 0 Å². The molecule has 0 fully saturated rings. The SMILES string of the molecule is CN=C(NCCCCOCCOC)NCC(C)(C)SC. The van der Waals surface area contributed by atoms with Crippen LogP contribution < -0.4 is 10.6 Å². The van der Waals surface area contributed by atoms with Crippen LogP contribution in [0.1, 0.15) is 26.7 Å². The molecule has 0 saturated heterocycles. The lowest BCUT2D eigenvalue weighted by atomic mass is 10.2. The Morgan fingerprint density at radius 1 is 1.15 bits per heavy atom. The van der Waals surface area contributed by atoms with Crippen molar-refractivity contribution in [1.29, 1.82) is 0 Å². The molecule has 0 bridgehead atoms. The molecule has 0 amide bonds. The standard InChI is InChI=1S/C14H31N3O2S/c1-14(2,20-5)12-17-13(15-3)16-8-6-7-9-19-11-10-18-4/h6-12H2,1-5H3,(H2,15,16,17). The van der Waals surface area contributed by atoms with E-state index in [9.17, 15) is 0 Å². The van der Waals surface area contributed by atoms with E-state index in [4.69, 9.17) is 9.47 Å². The van der Waals surface area contributed by atoms with Crippen LogP contribution in [-0.4, -0.2) is 64.0 Å². The van der Waals surface area contributed by atoms with Crippen LogP contribution in [0.2, 0.25) is 0 Å². The normalized spacial score (nSPS) is 12.6. The summed E-state index contributed by atoms with van der Waals surface area (Å²) in [6.45, 7) is 8.37. The molecule has 0 aliphatic heterocycles. The number of guanidine groups is 1. The number of methoxy groups -OCH3 is 1. The highest BCUT2D eigenvalue weighted by atomic mass is 32.2. The first-order valence-corrected chi connectivity index (χ1v) is 8.34. The summed E-state index contributed by atoms with van der Waals surface area (Å²) < 4.78 is 10.5. The van der Waals surface area contributed by atoms with Gasteiger partial charge in [-0.15, -0.1) is 0 Å². The second-order valence-corrected chi connectivity index (χ2v) is 6.64. The Morgan fingerprint density at radius 2 is 1.90 bits per heavy atom. The van der Waals surface area contributed by atoms with Gasteiger partial charge in [0.05, 0.1) is 13.2 Å². The quantitative estimate of drug-likeness (QED) is 0.346. The highest BCUT2D eigenvalue weighted by Gasteiger charge is 2.15. The van der Waals surface area contributed by atoms with Crippen LogP contribution in [0.15, 0.2) is 4.99 Å². The summed E-state index contributed by atoms with van der Waals surface area (Å²) in [5.41, 5.74) is 0. The molecule has 0 aliphatic rings. The van der Waals surface area contributed by atoms with Gasteiger partial charge in [0.15, 0.2) is 5.96 Å². The van der Waals surface area contributed by atoms with Crippen LogP contribution >= 0.6 is 11.8 Å². The van der Waals surface area contributed by atoms with Crippen LogP contribution in [0.5, 0.6) is 0 Å². The molecule has 0 radical (unpaired) electrons. The fourth-order valence-corrected chi connectivity index (χ4v) is 1.59. The molecule has 0 aromatic carbocycles. The van der Waals surface area contributed by atoms with Crippen LogP contribution in [0.4, 0.5) is 0 Å². The summed E-state index contributed by atoms with van der Waals surface area (Å²) in [5.74, 6) is 0.868. The fourth-order valence-electron chi connectivity index (χ4n) is 1.37. The smallest absolute Gasteiger partial charge is 0.191 e. The number of thioether (sulfide) groups is 1. The van der Waals surface area contributed by atoms with Gasteiger partial charge in [0.25, 0.3) is 0 Å². The Bertz CT molecular complexity index is 261. The lowest BCUT2D eigenvalue weighted by Gasteiger charge is -2.23. The number of aliphatic imine (C=N–C) groups is 1. The number of hydrogen-bond donors (Lipinski definition) is 2. The molecule has 0 aliphatic carbocycles. The molecule has 6 heteroatoms. The van der Waals surface area contributed by atoms with Crippen molar-refractivity contribution in [3.63, 3.8) is 0 Å². The molecule has 120 valence electrons. The van der Waals surface area contributed by atoms with Crippen LogP contribution in [0.3, 0.4) is 0 Å². The molecule has 0 rings (SSSR count). The van der Waals surface area contributed by atoms with Gasteiger partial charge in [-0.3, -0.25) is 4.99 Å². The molecule has 5 nitrogen and oxygen atoms in total. The Labute approximate surface area is 128 Å². The number of ether oxygens (including phenoxy) is 2. The van der Waals surface area contributed by atoms with Gasteiger partial charge in [0.2, 0.25) is 0 Å². The van der Waals surface area contributed by atoms with Gasteiger partial charge >= 0.3 is 0 Å². The maximum Gasteiger partial charge on any atom is 0.191 e. The average molecular weight is 305 g/mol. The third kappa shape index (κ3) is 11.4. The van der Waals surface area contributed by atoms with E-state index < -0.39 is 0 Å².